The standard InChI is InChI=1S/C13H11N5O7S2/c19-6(20)3-25-16-7(9-14-4-27-17-9)10(21)15-8-11(22)18-5(13(23)24)1-2-26-12(8)18/h1,4,8,12H,2-3H2,(H,15,21)(H,19,20)(H,23,24)/t8?,12-/m0/s1. The molecule has 0 bridgehead atoms. The predicted molar refractivity (Wildman–Crippen MR) is 90.8 cm³/mol. The van der Waals surface area contributed by atoms with Crippen molar-refractivity contribution in [3.05, 3.63) is 23.1 Å². The van der Waals surface area contributed by atoms with E-state index >= 15 is 0 Å². The molecule has 2 aliphatic rings. The molecule has 2 amide bonds. The van der Waals surface area contributed by atoms with Gasteiger partial charge in [0.05, 0.1) is 0 Å². The number of oxime groups is 1. The molecule has 12 nitrogen and oxygen atoms in total. The Morgan fingerprint density at radius 1 is 1.41 bits per heavy atom. The number of carbonyl (C=O) groups is 4. The van der Waals surface area contributed by atoms with Gasteiger partial charge in [-0.1, -0.05) is 5.16 Å². The van der Waals surface area contributed by atoms with Crippen molar-refractivity contribution in [2.45, 2.75) is 11.4 Å². The molecule has 0 spiro atoms. The van der Waals surface area contributed by atoms with Crippen molar-refractivity contribution in [3.63, 3.8) is 0 Å². The van der Waals surface area contributed by atoms with Crippen molar-refractivity contribution in [1.29, 1.82) is 0 Å². The number of nitrogens with zero attached hydrogens (tertiary/aromatic N) is 4. The summed E-state index contributed by atoms with van der Waals surface area (Å²) >= 11 is 2.23. The monoisotopic (exact) mass is 413 g/mol. The Morgan fingerprint density at radius 3 is 2.81 bits per heavy atom. The highest BCUT2D eigenvalue weighted by molar-refractivity contribution is 8.00. The number of aromatic nitrogens is 2. The summed E-state index contributed by atoms with van der Waals surface area (Å²) in [6, 6.07) is -0.964. The summed E-state index contributed by atoms with van der Waals surface area (Å²) in [5.74, 6) is -3.65. The molecule has 1 aromatic heterocycles. The van der Waals surface area contributed by atoms with Crippen LogP contribution in [0.3, 0.4) is 0 Å². The lowest BCUT2D eigenvalue weighted by Gasteiger charge is -2.48. The van der Waals surface area contributed by atoms with Crippen molar-refractivity contribution in [2.75, 3.05) is 12.4 Å². The zero-order valence-corrected chi connectivity index (χ0v) is 14.9. The first-order valence-electron chi connectivity index (χ1n) is 7.27. The van der Waals surface area contributed by atoms with E-state index in [2.05, 4.69) is 24.7 Å². The highest BCUT2D eigenvalue weighted by atomic mass is 32.2. The van der Waals surface area contributed by atoms with Crippen molar-refractivity contribution in [3.8, 4) is 0 Å². The van der Waals surface area contributed by atoms with Gasteiger partial charge < -0.3 is 20.4 Å². The summed E-state index contributed by atoms with van der Waals surface area (Å²) in [5.41, 5.74) is 0.819. The van der Waals surface area contributed by atoms with Crippen LogP contribution in [-0.4, -0.2) is 77.7 Å². The third-order valence-electron chi connectivity index (χ3n) is 3.48. The molecular weight excluding hydrogens is 402 g/mol. The molecule has 14 heteroatoms. The molecule has 0 radical (unpaired) electrons. The summed E-state index contributed by atoms with van der Waals surface area (Å²) in [7, 11) is 0. The average Bonchev–Trinajstić information content (AvgIpc) is 3.16. The van der Waals surface area contributed by atoms with Gasteiger partial charge in [0.15, 0.2) is 0 Å². The molecule has 0 aliphatic carbocycles. The van der Waals surface area contributed by atoms with E-state index in [9.17, 15) is 19.2 Å². The summed E-state index contributed by atoms with van der Waals surface area (Å²) in [6.07, 6.45) is 1.42. The first kappa shape index (κ1) is 18.8. The van der Waals surface area contributed by atoms with E-state index in [-0.39, 0.29) is 11.5 Å². The minimum Gasteiger partial charge on any atom is -0.479 e. The van der Waals surface area contributed by atoms with Crippen LogP contribution in [-0.2, 0) is 24.0 Å². The first-order valence-corrected chi connectivity index (χ1v) is 9.16. The van der Waals surface area contributed by atoms with Gasteiger partial charge in [0.2, 0.25) is 18.1 Å². The molecule has 1 aromatic rings. The van der Waals surface area contributed by atoms with Gasteiger partial charge in [0.25, 0.3) is 11.8 Å². The Morgan fingerprint density at radius 2 is 2.19 bits per heavy atom. The molecule has 1 saturated heterocycles. The number of nitrogens with one attached hydrogen (secondary N) is 1. The number of hydrogen-bond acceptors (Lipinski definition) is 10. The lowest BCUT2D eigenvalue weighted by molar-refractivity contribution is -0.150. The fourth-order valence-corrected chi connectivity index (χ4v) is 3.98. The van der Waals surface area contributed by atoms with Crippen LogP contribution in [0.15, 0.2) is 22.4 Å². The van der Waals surface area contributed by atoms with Crippen LogP contribution in [0.2, 0.25) is 0 Å². The van der Waals surface area contributed by atoms with Gasteiger partial charge in [-0.2, -0.15) is 4.37 Å². The quantitative estimate of drug-likeness (QED) is 0.277. The van der Waals surface area contributed by atoms with E-state index in [0.29, 0.717) is 5.75 Å². The third kappa shape index (κ3) is 3.75. The van der Waals surface area contributed by atoms with Gasteiger partial charge in [-0.25, -0.2) is 14.6 Å². The fraction of sp³-hybridized carbons (Fsp3) is 0.308. The second kappa shape index (κ2) is 7.71. The third-order valence-corrected chi connectivity index (χ3v) is 5.15. The Kier molecular flexibility index (Phi) is 5.36. The van der Waals surface area contributed by atoms with E-state index in [1.807, 2.05) is 0 Å². The molecule has 1 unspecified atom stereocenters. The number of fused-ring (bicyclic) bond motifs is 1. The van der Waals surface area contributed by atoms with Gasteiger partial charge in [-0.3, -0.25) is 14.5 Å². The van der Waals surface area contributed by atoms with E-state index in [1.54, 1.807) is 0 Å². The lowest BCUT2D eigenvalue weighted by atomic mass is 10.0. The highest BCUT2D eigenvalue weighted by Gasteiger charge is 2.53. The Hall–Kier alpha value is -3.00. The van der Waals surface area contributed by atoms with E-state index in [1.165, 1.54) is 23.3 Å². The van der Waals surface area contributed by atoms with Gasteiger partial charge in [0.1, 0.15) is 22.6 Å². The van der Waals surface area contributed by atoms with Crippen LogP contribution in [0.25, 0.3) is 0 Å². The van der Waals surface area contributed by atoms with Gasteiger partial charge in [-0.15, -0.1) is 11.8 Å². The number of carboxylic acids is 2. The Balaban J connectivity index is 1.73. The Bertz CT molecular complexity index is 853. The number of thioether (sulfide) groups is 1. The average molecular weight is 413 g/mol. The largest absolute Gasteiger partial charge is 0.479 e. The fourth-order valence-electron chi connectivity index (χ4n) is 2.36. The maximum atomic E-state index is 12.5. The molecule has 142 valence electrons. The van der Waals surface area contributed by atoms with Crippen molar-refractivity contribution in [2.24, 2.45) is 5.16 Å². The Labute approximate surface area is 159 Å². The SMILES string of the molecule is O=C(O)CON=C(C(=O)NC1C(=O)N2C(C(=O)O)=CCS[C@@H]12)c1ncsn1. The van der Waals surface area contributed by atoms with E-state index in [4.69, 9.17) is 10.2 Å². The number of carbonyl (C=O) groups excluding carboxylic acids is 2. The molecule has 2 aliphatic heterocycles. The van der Waals surface area contributed by atoms with Crippen LogP contribution in [0.1, 0.15) is 5.82 Å². The number of β-lactam (4-membered cyclic amide) rings is 1. The molecule has 0 saturated carbocycles. The second-order valence-corrected chi connectivity index (χ2v) is 6.89. The molecule has 3 N–H and O–H groups in total. The van der Waals surface area contributed by atoms with Crippen LogP contribution >= 0.6 is 23.3 Å². The maximum Gasteiger partial charge on any atom is 0.352 e. The number of hydrogen-bond donors (Lipinski definition) is 3. The molecule has 2 atom stereocenters. The second-order valence-electron chi connectivity index (χ2n) is 5.14. The summed E-state index contributed by atoms with van der Waals surface area (Å²) in [4.78, 5) is 56.0. The number of carboxylic acid groups (broad SMARTS) is 2. The smallest absolute Gasteiger partial charge is 0.352 e. The topological polar surface area (TPSA) is 171 Å². The first-order chi connectivity index (χ1) is 12.9. The van der Waals surface area contributed by atoms with Crippen molar-refractivity contribution < 1.29 is 34.2 Å². The maximum absolute atomic E-state index is 12.5. The number of amides is 2. The molecule has 0 aromatic carbocycles. The highest BCUT2D eigenvalue weighted by Crippen LogP contribution is 2.37. The number of rotatable bonds is 7. The number of aliphatic carboxylic acids is 2. The summed E-state index contributed by atoms with van der Waals surface area (Å²) in [5, 5.41) is 23.1. The normalized spacial score (nSPS) is 21.6. The minimum atomic E-state index is -1.29. The van der Waals surface area contributed by atoms with E-state index in [0.717, 1.165) is 16.4 Å². The molecule has 3 heterocycles. The van der Waals surface area contributed by atoms with Crippen molar-refractivity contribution >= 4 is 52.8 Å². The zero-order valence-electron chi connectivity index (χ0n) is 13.3. The van der Waals surface area contributed by atoms with Gasteiger partial charge in [0, 0.05) is 5.75 Å². The molecule has 1 fully saturated rings. The van der Waals surface area contributed by atoms with E-state index < -0.39 is 47.5 Å². The van der Waals surface area contributed by atoms with Crippen LogP contribution < -0.4 is 5.32 Å². The van der Waals surface area contributed by atoms with Crippen LogP contribution in [0, 0.1) is 0 Å². The molecule has 3 rings (SSSR count). The summed E-state index contributed by atoms with van der Waals surface area (Å²) in [6.45, 7) is -0.775. The molecular formula is C13H11N5O7S2. The van der Waals surface area contributed by atoms with Crippen molar-refractivity contribution in [1.82, 2.24) is 19.6 Å². The lowest BCUT2D eigenvalue weighted by Crippen LogP contribution is -2.70. The summed E-state index contributed by atoms with van der Waals surface area (Å²) < 4.78 is 3.85. The molecule has 27 heavy (non-hydrogen) atoms. The van der Waals surface area contributed by atoms with Gasteiger partial charge in [-0.05, 0) is 17.6 Å². The predicted octanol–water partition coefficient (Wildman–Crippen LogP) is -1.29. The van der Waals surface area contributed by atoms with Gasteiger partial charge >= 0.3 is 11.9 Å². The van der Waals surface area contributed by atoms with Crippen LogP contribution in [0.4, 0.5) is 0 Å². The minimum absolute atomic E-state index is 0.0889. The zero-order chi connectivity index (χ0) is 19.6. The van der Waals surface area contributed by atoms with Crippen LogP contribution in [0.5, 0.6) is 0 Å².